The van der Waals surface area contributed by atoms with Gasteiger partial charge in [0.25, 0.3) is 0 Å². The van der Waals surface area contributed by atoms with Crippen molar-refractivity contribution in [1.29, 1.82) is 0 Å². The Bertz CT molecular complexity index is 1290. The molecule has 0 saturated heterocycles. The van der Waals surface area contributed by atoms with Crippen LogP contribution in [0.15, 0.2) is 68.6 Å². The van der Waals surface area contributed by atoms with Crippen LogP contribution in [0.2, 0.25) is 0 Å². The van der Waals surface area contributed by atoms with Gasteiger partial charge in [0.2, 0.25) is 0 Å². The van der Waals surface area contributed by atoms with E-state index in [-0.39, 0.29) is 11.5 Å². The van der Waals surface area contributed by atoms with Crippen molar-refractivity contribution >= 4 is 54.7 Å². The molecule has 0 aliphatic carbocycles. The number of hydrogen-bond acceptors (Lipinski definition) is 6. The van der Waals surface area contributed by atoms with Gasteiger partial charge < -0.3 is 10.2 Å². The first-order chi connectivity index (χ1) is 14.4. The Morgan fingerprint density at radius 1 is 1.00 bits per heavy atom. The van der Waals surface area contributed by atoms with Gasteiger partial charge in [0, 0.05) is 21.8 Å². The molecule has 1 aromatic heterocycles. The van der Waals surface area contributed by atoms with Gasteiger partial charge in [0.1, 0.15) is 11.5 Å². The van der Waals surface area contributed by atoms with Crippen molar-refractivity contribution in [1.82, 2.24) is 9.97 Å². The van der Waals surface area contributed by atoms with Gasteiger partial charge in [-0.2, -0.15) is 5.10 Å². The number of phenols is 2. The lowest BCUT2D eigenvalue weighted by Gasteiger charge is -2.09. The molecule has 1 heterocycles. The van der Waals surface area contributed by atoms with E-state index in [4.69, 9.17) is 0 Å². The molecular weight excluding hydrogens is 512 g/mol. The van der Waals surface area contributed by atoms with Crippen molar-refractivity contribution in [2.45, 2.75) is 6.92 Å². The molecule has 0 aliphatic rings. The standard InChI is InChI=1S/C22H16Br2N4O2/c1-12-8-20(27-22(26-12)16-9-14(23)10-18(24)21(16)30)28-25-11-17-15-5-3-2-4-13(15)6-7-19(17)29/h2-11,29-30H,1H3,(H,26,27,28). The van der Waals surface area contributed by atoms with Gasteiger partial charge in [-0.3, -0.25) is 5.43 Å². The first-order valence-corrected chi connectivity index (χ1v) is 10.5. The minimum absolute atomic E-state index is 0.0546. The molecule has 0 atom stereocenters. The molecule has 4 rings (SSSR count). The topological polar surface area (TPSA) is 90.6 Å². The number of hydrogen-bond donors (Lipinski definition) is 3. The van der Waals surface area contributed by atoms with E-state index in [1.165, 1.54) is 0 Å². The Labute approximate surface area is 189 Å². The number of aromatic hydroxyl groups is 2. The predicted octanol–water partition coefficient (Wildman–Crippen LogP) is 5.99. The van der Waals surface area contributed by atoms with Crippen LogP contribution in [0.5, 0.6) is 11.5 Å². The average Bonchev–Trinajstić information content (AvgIpc) is 2.72. The van der Waals surface area contributed by atoms with E-state index >= 15 is 0 Å². The van der Waals surface area contributed by atoms with Gasteiger partial charge in [0.15, 0.2) is 11.6 Å². The normalized spacial score (nSPS) is 11.3. The number of anilines is 1. The largest absolute Gasteiger partial charge is 0.507 e. The van der Waals surface area contributed by atoms with Gasteiger partial charge in [0.05, 0.1) is 16.3 Å². The number of nitrogens with zero attached hydrogens (tertiary/aromatic N) is 3. The molecule has 0 saturated carbocycles. The van der Waals surface area contributed by atoms with Gasteiger partial charge in [-0.05, 0) is 51.8 Å². The van der Waals surface area contributed by atoms with Crippen molar-refractivity contribution in [2.75, 3.05) is 5.43 Å². The van der Waals surface area contributed by atoms with Crippen molar-refractivity contribution in [2.24, 2.45) is 5.10 Å². The number of hydrazone groups is 1. The van der Waals surface area contributed by atoms with Crippen LogP contribution >= 0.6 is 31.9 Å². The fraction of sp³-hybridized carbons (Fsp3) is 0.0455. The van der Waals surface area contributed by atoms with Gasteiger partial charge in [-0.25, -0.2) is 9.97 Å². The first-order valence-electron chi connectivity index (χ1n) is 8.96. The summed E-state index contributed by atoms with van der Waals surface area (Å²) < 4.78 is 1.32. The third-order valence-electron chi connectivity index (χ3n) is 4.44. The summed E-state index contributed by atoms with van der Waals surface area (Å²) in [6.07, 6.45) is 1.56. The highest BCUT2D eigenvalue weighted by atomic mass is 79.9. The van der Waals surface area contributed by atoms with Crippen molar-refractivity contribution in [3.63, 3.8) is 0 Å². The molecule has 150 valence electrons. The zero-order chi connectivity index (χ0) is 21.3. The van der Waals surface area contributed by atoms with E-state index in [0.717, 1.165) is 15.2 Å². The number of benzene rings is 3. The number of fused-ring (bicyclic) bond motifs is 1. The maximum absolute atomic E-state index is 10.4. The third kappa shape index (κ3) is 4.15. The van der Waals surface area contributed by atoms with E-state index in [1.54, 1.807) is 30.5 Å². The lowest BCUT2D eigenvalue weighted by atomic mass is 10.0. The lowest BCUT2D eigenvalue weighted by Crippen LogP contribution is -1.99. The quantitative estimate of drug-likeness (QED) is 0.224. The summed E-state index contributed by atoms with van der Waals surface area (Å²) in [5.74, 6) is 1.02. The summed E-state index contributed by atoms with van der Waals surface area (Å²) in [4.78, 5) is 8.89. The molecule has 8 heteroatoms. The highest BCUT2D eigenvalue weighted by Crippen LogP contribution is 2.37. The van der Waals surface area contributed by atoms with Crippen LogP contribution in [0.3, 0.4) is 0 Å². The van der Waals surface area contributed by atoms with Crippen molar-refractivity contribution < 1.29 is 10.2 Å². The fourth-order valence-electron chi connectivity index (χ4n) is 3.07. The van der Waals surface area contributed by atoms with Crippen LogP contribution in [-0.2, 0) is 0 Å². The zero-order valence-corrected chi connectivity index (χ0v) is 18.9. The molecule has 30 heavy (non-hydrogen) atoms. The van der Waals surface area contributed by atoms with Crippen LogP contribution in [0, 0.1) is 6.92 Å². The number of aromatic nitrogens is 2. The first kappa shape index (κ1) is 20.3. The SMILES string of the molecule is Cc1cc(NN=Cc2c(O)ccc3ccccc23)nc(-c2cc(Br)cc(Br)c2O)n1. The second-order valence-electron chi connectivity index (χ2n) is 6.59. The number of aryl methyl sites for hydroxylation is 1. The molecule has 4 aromatic rings. The Kier molecular flexibility index (Phi) is 5.69. The van der Waals surface area contributed by atoms with Gasteiger partial charge >= 0.3 is 0 Å². The van der Waals surface area contributed by atoms with Gasteiger partial charge in [-0.1, -0.05) is 46.3 Å². The van der Waals surface area contributed by atoms with E-state index in [9.17, 15) is 10.2 Å². The van der Waals surface area contributed by atoms with Crippen LogP contribution in [0.1, 0.15) is 11.3 Å². The monoisotopic (exact) mass is 526 g/mol. The Hall–Kier alpha value is -2.97. The lowest BCUT2D eigenvalue weighted by molar-refractivity contribution is 0.473. The molecule has 3 aromatic carbocycles. The Morgan fingerprint density at radius 3 is 2.63 bits per heavy atom. The second-order valence-corrected chi connectivity index (χ2v) is 8.36. The van der Waals surface area contributed by atoms with Crippen molar-refractivity contribution in [3.05, 3.63) is 74.8 Å². The molecular formula is C22H16Br2N4O2. The minimum Gasteiger partial charge on any atom is -0.507 e. The Morgan fingerprint density at radius 2 is 1.80 bits per heavy atom. The summed E-state index contributed by atoms with van der Waals surface area (Å²) in [6, 6.07) is 16.5. The highest BCUT2D eigenvalue weighted by molar-refractivity contribution is 9.11. The number of phenolic OH excluding ortho intramolecular Hbond substituents is 2. The molecule has 0 spiro atoms. The summed E-state index contributed by atoms with van der Waals surface area (Å²) in [6.45, 7) is 1.83. The molecule has 0 bridgehead atoms. The van der Waals surface area contributed by atoms with E-state index in [2.05, 4.69) is 52.4 Å². The maximum Gasteiger partial charge on any atom is 0.165 e. The van der Waals surface area contributed by atoms with Crippen LogP contribution in [0.4, 0.5) is 5.82 Å². The number of halogens is 2. The smallest absolute Gasteiger partial charge is 0.165 e. The molecule has 6 nitrogen and oxygen atoms in total. The maximum atomic E-state index is 10.4. The minimum atomic E-state index is 0.0546. The molecule has 3 N–H and O–H groups in total. The summed E-state index contributed by atoms with van der Waals surface area (Å²) in [5, 5.41) is 26.8. The molecule has 0 fully saturated rings. The molecule has 0 amide bonds. The summed E-state index contributed by atoms with van der Waals surface area (Å²) >= 11 is 6.74. The highest BCUT2D eigenvalue weighted by Gasteiger charge is 2.13. The fourth-order valence-corrected chi connectivity index (χ4v) is 4.29. The predicted molar refractivity (Wildman–Crippen MR) is 126 cm³/mol. The second kappa shape index (κ2) is 8.41. The zero-order valence-electron chi connectivity index (χ0n) is 15.8. The third-order valence-corrected chi connectivity index (χ3v) is 5.51. The van der Waals surface area contributed by atoms with Crippen LogP contribution < -0.4 is 5.43 Å². The van der Waals surface area contributed by atoms with E-state index < -0.39 is 0 Å². The number of rotatable bonds is 4. The van der Waals surface area contributed by atoms with Gasteiger partial charge in [-0.15, -0.1) is 0 Å². The molecule has 0 unspecified atom stereocenters. The summed E-state index contributed by atoms with van der Waals surface area (Å²) in [7, 11) is 0. The van der Waals surface area contributed by atoms with Crippen LogP contribution in [0.25, 0.3) is 22.2 Å². The van der Waals surface area contributed by atoms with E-state index in [0.29, 0.717) is 32.9 Å². The van der Waals surface area contributed by atoms with E-state index in [1.807, 2.05) is 37.3 Å². The average molecular weight is 528 g/mol. The molecule has 0 radical (unpaired) electrons. The number of nitrogens with one attached hydrogen (secondary N) is 1. The Balaban J connectivity index is 1.67. The van der Waals surface area contributed by atoms with Crippen molar-refractivity contribution in [3.8, 4) is 22.9 Å². The van der Waals surface area contributed by atoms with Crippen LogP contribution in [-0.4, -0.2) is 26.4 Å². The molecule has 0 aliphatic heterocycles. The summed E-state index contributed by atoms with van der Waals surface area (Å²) in [5.41, 5.74) is 4.69.